The maximum absolute atomic E-state index is 13.8. The molecule has 0 radical (unpaired) electrons. The van der Waals surface area contributed by atoms with Gasteiger partial charge in [-0.2, -0.15) is 0 Å². The normalized spacial score (nSPS) is 23.8. The zero-order valence-corrected chi connectivity index (χ0v) is 25.2. The van der Waals surface area contributed by atoms with Crippen molar-refractivity contribution in [3.05, 3.63) is 47.3 Å². The molecule has 0 saturated carbocycles. The number of aromatic nitrogens is 1. The van der Waals surface area contributed by atoms with Crippen LogP contribution in [0.4, 0.5) is 5.69 Å². The molecule has 2 amide bonds. The molecule has 1 aromatic carbocycles. The van der Waals surface area contributed by atoms with Gasteiger partial charge in [-0.1, -0.05) is 13.0 Å². The van der Waals surface area contributed by atoms with Crippen LogP contribution in [0.15, 0.2) is 30.5 Å². The smallest absolute Gasteiger partial charge is 0.251 e. The highest BCUT2D eigenvalue weighted by molar-refractivity contribution is 5.99. The second-order valence-corrected chi connectivity index (χ2v) is 12.3. The van der Waals surface area contributed by atoms with Crippen LogP contribution in [-0.4, -0.2) is 73.2 Å². The standard InChI is InChI=1S/C33H47N5O3/c1-5-38(28-10-14-41-15-11-28)31-18-26(25-8-9-27(34-19-25)21-37-12-6-7-13-37)17-29(24(31)4)32(39)35-20-30-22(2)16-23(3)36-33(30)40/h8-9,17-19,22-23,28,30H,5-7,10-16,20-21H2,1-4H3,(H,35,39)(H,36,40). The lowest BCUT2D eigenvalue weighted by molar-refractivity contribution is -0.129. The number of nitrogens with zero attached hydrogens (tertiary/aromatic N) is 3. The first-order chi connectivity index (χ1) is 19.8. The molecule has 5 rings (SSSR count). The molecule has 3 saturated heterocycles. The summed E-state index contributed by atoms with van der Waals surface area (Å²) >= 11 is 0. The molecule has 8 heteroatoms. The summed E-state index contributed by atoms with van der Waals surface area (Å²) in [6.07, 6.45) is 7.33. The number of carbonyl (C=O) groups is 2. The van der Waals surface area contributed by atoms with E-state index in [-0.39, 0.29) is 29.7 Å². The van der Waals surface area contributed by atoms with Gasteiger partial charge in [-0.25, -0.2) is 0 Å². The van der Waals surface area contributed by atoms with E-state index in [4.69, 9.17) is 9.72 Å². The maximum Gasteiger partial charge on any atom is 0.251 e. The Morgan fingerprint density at radius 2 is 1.90 bits per heavy atom. The maximum atomic E-state index is 13.8. The molecular formula is C33H47N5O3. The molecule has 3 aliphatic rings. The quantitative estimate of drug-likeness (QED) is 0.467. The number of pyridine rings is 1. The lowest BCUT2D eigenvalue weighted by Gasteiger charge is -2.37. The van der Waals surface area contributed by atoms with E-state index in [1.165, 1.54) is 12.8 Å². The minimum absolute atomic E-state index is 0.0273. The number of nitrogens with one attached hydrogen (secondary N) is 2. The van der Waals surface area contributed by atoms with Gasteiger partial charge in [0.2, 0.25) is 5.91 Å². The third kappa shape index (κ3) is 6.92. The van der Waals surface area contributed by atoms with Gasteiger partial charge >= 0.3 is 0 Å². The van der Waals surface area contributed by atoms with Crippen molar-refractivity contribution in [2.45, 2.75) is 78.4 Å². The first-order valence-electron chi connectivity index (χ1n) is 15.6. The average Bonchev–Trinajstić information content (AvgIpc) is 3.48. The molecular weight excluding hydrogens is 514 g/mol. The first kappa shape index (κ1) is 29.5. The number of piperidine rings is 1. The predicted molar refractivity (Wildman–Crippen MR) is 163 cm³/mol. The number of hydrogen-bond donors (Lipinski definition) is 2. The summed E-state index contributed by atoms with van der Waals surface area (Å²) in [7, 11) is 0. The summed E-state index contributed by atoms with van der Waals surface area (Å²) in [6, 6.07) is 9.01. The highest BCUT2D eigenvalue weighted by Crippen LogP contribution is 2.34. The molecule has 4 heterocycles. The second kappa shape index (κ2) is 13.3. The van der Waals surface area contributed by atoms with Gasteiger partial charge in [-0.05, 0) is 101 Å². The third-order valence-electron chi connectivity index (χ3n) is 9.27. The second-order valence-electron chi connectivity index (χ2n) is 12.3. The number of carbonyl (C=O) groups excluding carboxylic acids is 2. The first-order valence-corrected chi connectivity index (χ1v) is 15.6. The van der Waals surface area contributed by atoms with Crippen LogP contribution >= 0.6 is 0 Å². The molecule has 0 aliphatic carbocycles. The Morgan fingerprint density at radius 3 is 2.56 bits per heavy atom. The lowest BCUT2D eigenvalue weighted by Crippen LogP contribution is -2.50. The summed E-state index contributed by atoms with van der Waals surface area (Å²) in [6.45, 7) is 14.2. The van der Waals surface area contributed by atoms with Crippen molar-refractivity contribution in [2.75, 3.05) is 44.3 Å². The fraction of sp³-hybridized carbons (Fsp3) is 0.606. The van der Waals surface area contributed by atoms with Gasteiger partial charge in [0.05, 0.1) is 11.6 Å². The van der Waals surface area contributed by atoms with Crippen LogP contribution in [0.2, 0.25) is 0 Å². The molecule has 3 aliphatic heterocycles. The van der Waals surface area contributed by atoms with Crippen LogP contribution in [0.25, 0.3) is 11.1 Å². The number of benzene rings is 1. The van der Waals surface area contributed by atoms with E-state index in [0.717, 1.165) is 86.7 Å². The largest absolute Gasteiger partial charge is 0.381 e. The lowest BCUT2D eigenvalue weighted by atomic mass is 9.84. The molecule has 1 aromatic heterocycles. The molecule has 2 N–H and O–H groups in total. The van der Waals surface area contributed by atoms with E-state index in [9.17, 15) is 9.59 Å². The molecule has 0 bridgehead atoms. The molecule has 3 fully saturated rings. The fourth-order valence-corrected chi connectivity index (χ4v) is 6.86. The number of likely N-dealkylation sites (tertiary alicyclic amines) is 1. The molecule has 3 unspecified atom stereocenters. The Labute approximate surface area is 245 Å². The summed E-state index contributed by atoms with van der Waals surface area (Å²) in [4.78, 5) is 36.1. The van der Waals surface area contributed by atoms with Crippen LogP contribution in [0, 0.1) is 18.8 Å². The summed E-state index contributed by atoms with van der Waals surface area (Å²) in [5.41, 5.74) is 5.77. The SMILES string of the molecule is CCN(c1cc(-c2ccc(CN3CCCC3)nc2)cc(C(=O)NCC2C(=O)NC(C)CC2C)c1C)C1CCOCC1. The Kier molecular flexibility index (Phi) is 9.60. The topological polar surface area (TPSA) is 86.8 Å². The van der Waals surface area contributed by atoms with Crippen LogP contribution in [0.1, 0.15) is 74.5 Å². The van der Waals surface area contributed by atoms with Crippen molar-refractivity contribution < 1.29 is 14.3 Å². The Hall–Kier alpha value is -2.97. The summed E-state index contributed by atoms with van der Waals surface area (Å²) in [5.74, 6) is -0.110. The van der Waals surface area contributed by atoms with Crippen LogP contribution in [0.5, 0.6) is 0 Å². The van der Waals surface area contributed by atoms with Gasteiger partial charge in [-0.15, -0.1) is 0 Å². The number of ether oxygens (including phenoxy) is 1. The van der Waals surface area contributed by atoms with Crippen molar-refractivity contribution in [3.8, 4) is 11.1 Å². The van der Waals surface area contributed by atoms with Crippen LogP contribution < -0.4 is 15.5 Å². The van der Waals surface area contributed by atoms with E-state index in [2.05, 4.69) is 52.5 Å². The predicted octanol–water partition coefficient (Wildman–Crippen LogP) is 4.55. The molecule has 0 spiro atoms. The average molecular weight is 562 g/mol. The van der Waals surface area contributed by atoms with Crippen molar-refractivity contribution >= 4 is 17.5 Å². The van der Waals surface area contributed by atoms with Crippen molar-refractivity contribution in [1.82, 2.24) is 20.5 Å². The third-order valence-corrected chi connectivity index (χ3v) is 9.27. The summed E-state index contributed by atoms with van der Waals surface area (Å²) < 4.78 is 5.65. The van der Waals surface area contributed by atoms with E-state index in [1.807, 2.05) is 26.1 Å². The molecule has 8 nitrogen and oxygen atoms in total. The van der Waals surface area contributed by atoms with Gasteiger partial charge < -0.3 is 20.3 Å². The van der Waals surface area contributed by atoms with Gasteiger partial charge in [-0.3, -0.25) is 19.5 Å². The highest BCUT2D eigenvalue weighted by Gasteiger charge is 2.33. The van der Waals surface area contributed by atoms with E-state index < -0.39 is 0 Å². The minimum Gasteiger partial charge on any atom is -0.381 e. The minimum atomic E-state index is -0.222. The van der Waals surface area contributed by atoms with Crippen LogP contribution in [-0.2, 0) is 16.1 Å². The zero-order chi connectivity index (χ0) is 28.9. The van der Waals surface area contributed by atoms with Gasteiger partial charge in [0.25, 0.3) is 5.91 Å². The van der Waals surface area contributed by atoms with Gasteiger partial charge in [0, 0.05) is 67.9 Å². The number of anilines is 1. The van der Waals surface area contributed by atoms with Crippen LogP contribution in [0.3, 0.4) is 0 Å². The molecule has 222 valence electrons. The number of rotatable bonds is 9. The zero-order valence-electron chi connectivity index (χ0n) is 25.2. The molecule has 3 atom stereocenters. The number of amides is 2. The summed E-state index contributed by atoms with van der Waals surface area (Å²) in [5, 5.41) is 6.16. The van der Waals surface area contributed by atoms with Gasteiger partial charge in [0.1, 0.15) is 0 Å². The number of hydrogen-bond acceptors (Lipinski definition) is 6. The van der Waals surface area contributed by atoms with Crippen molar-refractivity contribution in [1.29, 1.82) is 0 Å². The Bertz CT molecular complexity index is 1200. The van der Waals surface area contributed by atoms with E-state index in [0.29, 0.717) is 18.2 Å². The van der Waals surface area contributed by atoms with E-state index in [1.54, 1.807) is 0 Å². The van der Waals surface area contributed by atoms with Crippen molar-refractivity contribution in [2.24, 2.45) is 11.8 Å². The Balaban J connectivity index is 1.43. The monoisotopic (exact) mass is 561 g/mol. The molecule has 2 aromatic rings. The molecule has 41 heavy (non-hydrogen) atoms. The van der Waals surface area contributed by atoms with Gasteiger partial charge in [0.15, 0.2) is 0 Å². The van der Waals surface area contributed by atoms with Crippen molar-refractivity contribution in [3.63, 3.8) is 0 Å². The van der Waals surface area contributed by atoms with E-state index >= 15 is 0 Å². The fourth-order valence-electron chi connectivity index (χ4n) is 6.86. The highest BCUT2D eigenvalue weighted by atomic mass is 16.5. The Morgan fingerprint density at radius 1 is 1.15 bits per heavy atom.